The molecule has 4 unspecified atom stereocenters. The molecule has 58 heavy (non-hydrogen) atoms. The van der Waals surface area contributed by atoms with Gasteiger partial charge in [-0.15, -0.1) is 0 Å². The van der Waals surface area contributed by atoms with Crippen molar-refractivity contribution in [1.82, 2.24) is 10.6 Å². The van der Waals surface area contributed by atoms with Crippen LogP contribution in [0.5, 0.6) is 0 Å². The molecule has 12 nitrogen and oxygen atoms in total. The highest BCUT2D eigenvalue weighted by Crippen LogP contribution is 2.27. The van der Waals surface area contributed by atoms with Crippen molar-refractivity contribution in [2.45, 2.75) is 257 Å². The second-order valence-corrected chi connectivity index (χ2v) is 17.8. The van der Waals surface area contributed by atoms with Crippen LogP contribution < -0.4 is 10.6 Å². The van der Waals surface area contributed by atoms with E-state index in [2.05, 4.69) is 38.3 Å². The van der Waals surface area contributed by atoms with E-state index >= 15 is 0 Å². The molecule has 0 aromatic carbocycles. The first-order chi connectivity index (χ1) is 27.9. The van der Waals surface area contributed by atoms with Crippen LogP contribution in [0.1, 0.15) is 202 Å². The summed E-state index contributed by atoms with van der Waals surface area (Å²) in [6.45, 7) is 8.72. The van der Waals surface area contributed by atoms with Crippen molar-refractivity contribution in [3.8, 4) is 0 Å². The van der Waals surface area contributed by atoms with E-state index in [0.29, 0.717) is 19.3 Å². The molecule has 10 atom stereocenters. The fourth-order valence-electron chi connectivity index (χ4n) is 8.25. The standard InChI is InChI=1S/C46H90N2O10/c1-6-8-10-12-13-14-15-16-17-18-19-20-21-22-23-24-26-28-30-38(51)45(56)48-37(42(53)41(52)36(31-34(3)4)29-27-25-11-9-7-2)33-57-46-40(47-35(5)50)44(55)43(54)39(32-49)58-46/h34,36-44,46,49,51-55H,6-33H2,1-5H3,(H,47,50)(H,48,56)/t36?,37-,38+,39?,40?,41+,42-,43+,44?,46+/m0/s1. The lowest BCUT2D eigenvalue weighted by atomic mass is 9.83. The second kappa shape index (κ2) is 34.2. The summed E-state index contributed by atoms with van der Waals surface area (Å²) in [5.74, 6) is -1.22. The molecule has 2 amide bonds. The number of hydrogen-bond donors (Lipinski definition) is 8. The third kappa shape index (κ3) is 24.2. The molecule has 0 aliphatic carbocycles. The zero-order valence-corrected chi connectivity index (χ0v) is 37.5. The number of rotatable bonds is 37. The predicted molar refractivity (Wildman–Crippen MR) is 231 cm³/mol. The van der Waals surface area contributed by atoms with E-state index in [1.54, 1.807) is 0 Å². The first-order valence-electron chi connectivity index (χ1n) is 23.7. The summed E-state index contributed by atoms with van der Waals surface area (Å²) >= 11 is 0. The Balaban J connectivity index is 2.71. The SMILES string of the molecule is CCCCCCCCCCCCCCCCCCCC[C@@H](O)C(=O)N[C@@H](CO[C@@H]1OC(CO)[C@@H](O)C(O)C1NC(C)=O)[C@H](O)[C@H](O)C(CCCCCCC)CC(C)C. The molecule has 12 heteroatoms. The van der Waals surface area contributed by atoms with Crippen LogP contribution in [0, 0.1) is 11.8 Å². The van der Waals surface area contributed by atoms with Crippen LogP contribution in [0.25, 0.3) is 0 Å². The molecule has 344 valence electrons. The molecule has 1 aliphatic rings. The van der Waals surface area contributed by atoms with Gasteiger partial charge in [0.1, 0.15) is 36.6 Å². The Morgan fingerprint density at radius 2 is 1.10 bits per heavy atom. The number of unbranched alkanes of at least 4 members (excludes halogenated alkanes) is 21. The number of carbonyl (C=O) groups excluding carboxylic acids is 2. The molecule has 0 bridgehead atoms. The molecule has 1 fully saturated rings. The van der Waals surface area contributed by atoms with E-state index < -0.39 is 80.0 Å². The number of nitrogens with one attached hydrogen (secondary N) is 2. The fraction of sp³-hybridized carbons (Fsp3) is 0.957. The maximum Gasteiger partial charge on any atom is 0.249 e. The fourth-order valence-corrected chi connectivity index (χ4v) is 8.25. The van der Waals surface area contributed by atoms with Crippen molar-refractivity contribution in [3.05, 3.63) is 0 Å². The van der Waals surface area contributed by atoms with Gasteiger partial charge in [-0.1, -0.05) is 175 Å². The Morgan fingerprint density at radius 3 is 1.53 bits per heavy atom. The van der Waals surface area contributed by atoms with E-state index in [4.69, 9.17) is 9.47 Å². The smallest absolute Gasteiger partial charge is 0.249 e. The highest BCUT2D eigenvalue weighted by Gasteiger charge is 2.46. The minimum atomic E-state index is -1.54. The summed E-state index contributed by atoms with van der Waals surface area (Å²) in [6.07, 6.45) is 19.7. The number of aliphatic hydroxyl groups excluding tert-OH is 6. The Bertz CT molecular complexity index is 1010. The third-order valence-corrected chi connectivity index (χ3v) is 11.9. The Morgan fingerprint density at radius 1 is 0.655 bits per heavy atom. The summed E-state index contributed by atoms with van der Waals surface area (Å²) in [6, 6.07) is -2.41. The van der Waals surface area contributed by atoms with Gasteiger partial charge in [-0.2, -0.15) is 0 Å². The maximum atomic E-state index is 13.4. The topological polar surface area (TPSA) is 198 Å². The summed E-state index contributed by atoms with van der Waals surface area (Å²) in [5, 5.41) is 70.2. The lowest BCUT2D eigenvalue weighted by Gasteiger charge is -2.43. The third-order valence-electron chi connectivity index (χ3n) is 11.9. The normalized spacial score (nSPS) is 22.4. The zero-order valence-electron chi connectivity index (χ0n) is 37.5. The largest absolute Gasteiger partial charge is 0.394 e. The minimum Gasteiger partial charge on any atom is -0.394 e. The van der Waals surface area contributed by atoms with Crippen molar-refractivity contribution in [3.63, 3.8) is 0 Å². The van der Waals surface area contributed by atoms with Gasteiger partial charge in [0.2, 0.25) is 11.8 Å². The highest BCUT2D eigenvalue weighted by molar-refractivity contribution is 5.80. The monoisotopic (exact) mass is 831 g/mol. The lowest BCUT2D eigenvalue weighted by Crippen LogP contribution is -2.65. The average Bonchev–Trinajstić information content (AvgIpc) is 3.19. The van der Waals surface area contributed by atoms with Crippen LogP contribution in [0.3, 0.4) is 0 Å². The van der Waals surface area contributed by atoms with E-state index in [-0.39, 0.29) is 18.3 Å². The van der Waals surface area contributed by atoms with Crippen molar-refractivity contribution >= 4 is 11.8 Å². The Kier molecular flexibility index (Phi) is 32.3. The van der Waals surface area contributed by atoms with Crippen LogP contribution in [-0.2, 0) is 19.1 Å². The summed E-state index contributed by atoms with van der Waals surface area (Å²) < 4.78 is 11.7. The van der Waals surface area contributed by atoms with Crippen LogP contribution >= 0.6 is 0 Å². The molecular formula is C46H90N2O10. The first-order valence-corrected chi connectivity index (χ1v) is 23.7. The molecule has 0 saturated carbocycles. The quantitative estimate of drug-likeness (QED) is 0.0303. The number of ether oxygens (including phenoxy) is 2. The second-order valence-electron chi connectivity index (χ2n) is 17.8. The molecule has 0 radical (unpaired) electrons. The zero-order chi connectivity index (χ0) is 43.1. The number of aliphatic hydroxyl groups is 6. The number of amides is 2. The van der Waals surface area contributed by atoms with Gasteiger partial charge in [0.05, 0.1) is 25.4 Å². The van der Waals surface area contributed by atoms with Crippen molar-refractivity contribution in [2.75, 3.05) is 13.2 Å². The molecule has 8 N–H and O–H groups in total. The molecule has 0 spiro atoms. The van der Waals surface area contributed by atoms with E-state index in [9.17, 15) is 40.2 Å². The summed E-state index contributed by atoms with van der Waals surface area (Å²) in [5.41, 5.74) is 0. The van der Waals surface area contributed by atoms with Crippen LogP contribution in [0.15, 0.2) is 0 Å². The minimum absolute atomic E-state index is 0.250. The molecule has 0 aromatic heterocycles. The van der Waals surface area contributed by atoms with Crippen LogP contribution in [0.2, 0.25) is 0 Å². The maximum absolute atomic E-state index is 13.4. The lowest BCUT2D eigenvalue weighted by molar-refractivity contribution is -0.273. The average molecular weight is 831 g/mol. The van der Waals surface area contributed by atoms with Gasteiger partial charge in [-0.25, -0.2) is 0 Å². The van der Waals surface area contributed by atoms with E-state index in [1.165, 1.54) is 96.8 Å². The van der Waals surface area contributed by atoms with Gasteiger partial charge >= 0.3 is 0 Å². The summed E-state index contributed by atoms with van der Waals surface area (Å²) in [7, 11) is 0. The molecule has 0 aromatic rings. The van der Waals surface area contributed by atoms with E-state index in [1.807, 2.05) is 0 Å². The van der Waals surface area contributed by atoms with Crippen molar-refractivity contribution in [1.29, 1.82) is 0 Å². The van der Waals surface area contributed by atoms with Gasteiger partial charge in [0.15, 0.2) is 6.29 Å². The summed E-state index contributed by atoms with van der Waals surface area (Å²) in [4.78, 5) is 25.3. The van der Waals surface area contributed by atoms with Crippen molar-refractivity contribution in [2.24, 2.45) is 11.8 Å². The van der Waals surface area contributed by atoms with Gasteiger partial charge in [0.25, 0.3) is 0 Å². The predicted octanol–water partition coefficient (Wildman–Crippen LogP) is 6.97. The van der Waals surface area contributed by atoms with Gasteiger partial charge in [0, 0.05) is 6.92 Å². The van der Waals surface area contributed by atoms with Gasteiger partial charge < -0.3 is 50.7 Å². The molecular weight excluding hydrogens is 741 g/mol. The van der Waals surface area contributed by atoms with E-state index in [0.717, 1.165) is 51.4 Å². The van der Waals surface area contributed by atoms with Gasteiger partial charge in [-0.05, 0) is 31.1 Å². The Labute approximate surface area is 353 Å². The van der Waals surface area contributed by atoms with Gasteiger partial charge in [-0.3, -0.25) is 9.59 Å². The molecule has 1 rings (SSSR count). The molecule has 1 heterocycles. The molecule has 1 aliphatic heterocycles. The van der Waals surface area contributed by atoms with Crippen LogP contribution in [-0.4, -0.2) is 111 Å². The number of hydrogen-bond acceptors (Lipinski definition) is 10. The Hall–Kier alpha value is -1.38. The van der Waals surface area contributed by atoms with Crippen molar-refractivity contribution < 1.29 is 49.7 Å². The first kappa shape index (κ1) is 54.6. The number of carbonyl (C=O) groups is 2. The van der Waals surface area contributed by atoms with Crippen LogP contribution in [0.4, 0.5) is 0 Å². The molecule has 1 saturated heterocycles. The highest BCUT2D eigenvalue weighted by atomic mass is 16.7.